The van der Waals surface area contributed by atoms with Gasteiger partial charge in [-0.05, 0) is 37.3 Å². The summed E-state index contributed by atoms with van der Waals surface area (Å²) in [6, 6.07) is 5.91. The van der Waals surface area contributed by atoms with Crippen LogP contribution in [0.2, 0.25) is 0 Å². The minimum Gasteiger partial charge on any atom is -0.341 e. The fraction of sp³-hybridized carbons (Fsp3) is 0.632. The van der Waals surface area contributed by atoms with Gasteiger partial charge in [-0.2, -0.15) is 0 Å². The van der Waals surface area contributed by atoms with E-state index in [0.29, 0.717) is 30.0 Å². The van der Waals surface area contributed by atoms with Crippen molar-refractivity contribution < 1.29 is 9.59 Å². The Kier molecular flexibility index (Phi) is 4.70. The summed E-state index contributed by atoms with van der Waals surface area (Å²) in [6.07, 6.45) is 5.72. The molecule has 0 saturated carbocycles. The van der Waals surface area contributed by atoms with Crippen molar-refractivity contribution in [2.24, 2.45) is 5.92 Å². The highest BCUT2D eigenvalue weighted by Gasteiger charge is 2.37. The van der Waals surface area contributed by atoms with E-state index in [1.54, 1.807) is 12.3 Å². The zero-order chi connectivity index (χ0) is 17.2. The van der Waals surface area contributed by atoms with Gasteiger partial charge in [0.2, 0.25) is 5.91 Å². The molecule has 0 N–H and O–H groups in total. The zero-order valence-corrected chi connectivity index (χ0v) is 14.6. The molecule has 1 aromatic rings. The lowest BCUT2D eigenvalue weighted by Crippen LogP contribution is -2.47. The second-order valence-corrected chi connectivity index (χ2v) is 7.50. The highest BCUT2D eigenvalue weighted by molar-refractivity contribution is 5.92. The predicted octanol–water partition coefficient (Wildman–Crippen LogP) is 1.24. The van der Waals surface area contributed by atoms with Crippen LogP contribution >= 0.6 is 0 Å². The molecule has 0 spiro atoms. The number of likely N-dealkylation sites (tertiary alicyclic amines) is 1. The normalized spacial score (nSPS) is 27.0. The van der Waals surface area contributed by atoms with E-state index in [-0.39, 0.29) is 5.91 Å². The van der Waals surface area contributed by atoms with Crippen LogP contribution in [0.25, 0.3) is 0 Å². The maximum Gasteiger partial charge on any atom is 0.272 e. The maximum atomic E-state index is 12.8. The minimum atomic E-state index is 0.0501. The standard InChI is InChI=1S/C19H26N4O2/c24-18-5-3-9-21(18)10-11-22-12-15-6-7-16(22)14-23(13-15)19(25)17-4-1-2-8-20-17/h1-2,4,8,15-16H,3,5-7,9-14H2/t15-,16-/m1/s1. The molecule has 2 bridgehead atoms. The molecule has 134 valence electrons. The third-order valence-corrected chi connectivity index (χ3v) is 5.83. The molecule has 6 heteroatoms. The van der Waals surface area contributed by atoms with Crippen LogP contribution in [0.15, 0.2) is 24.4 Å². The van der Waals surface area contributed by atoms with Crippen molar-refractivity contribution in [1.29, 1.82) is 0 Å². The average Bonchev–Trinajstić information content (AvgIpc) is 2.85. The third kappa shape index (κ3) is 3.54. The average molecular weight is 342 g/mol. The van der Waals surface area contributed by atoms with Gasteiger partial charge < -0.3 is 9.80 Å². The van der Waals surface area contributed by atoms with E-state index in [0.717, 1.165) is 52.1 Å². The number of hydrogen-bond donors (Lipinski definition) is 0. The molecule has 5 rings (SSSR count). The molecule has 5 heterocycles. The smallest absolute Gasteiger partial charge is 0.272 e. The molecule has 4 aliphatic heterocycles. The lowest BCUT2D eigenvalue weighted by molar-refractivity contribution is -0.128. The van der Waals surface area contributed by atoms with Crippen molar-refractivity contribution >= 4 is 11.8 Å². The first-order valence-electron chi connectivity index (χ1n) is 9.43. The minimum absolute atomic E-state index is 0.0501. The molecule has 2 amide bonds. The summed E-state index contributed by atoms with van der Waals surface area (Å²) in [5.41, 5.74) is 0.540. The molecule has 0 aromatic carbocycles. The van der Waals surface area contributed by atoms with E-state index in [2.05, 4.69) is 9.88 Å². The Hall–Kier alpha value is -1.95. The van der Waals surface area contributed by atoms with Gasteiger partial charge >= 0.3 is 0 Å². The number of amides is 2. The number of rotatable bonds is 4. The van der Waals surface area contributed by atoms with Gasteiger partial charge in [0.15, 0.2) is 0 Å². The van der Waals surface area contributed by atoms with Gasteiger partial charge in [-0.15, -0.1) is 0 Å². The molecule has 4 fully saturated rings. The topological polar surface area (TPSA) is 56.8 Å². The number of hydrogen-bond acceptors (Lipinski definition) is 4. The fourth-order valence-electron chi connectivity index (χ4n) is 4.46. The van der Waals surface area contributed by atoms with Crippen molar-refractivity contribution in [2.75, 3.05) is 39.3 Å². The second kappa shape index (κ2) is 7.12. The summed E-state index contributed by atoms with van der Waals surface area (Å²) in [4.78, 5) is 35.3. The Morgan fingerprint density at radius 3 is 2.84 bits per heavy atom. The van der Waals surface area contributed by atoms with Gasteiger partial charge in [0.1, 0.15) is 5.69 Å². The van der Waals surface area contributed by atoms with Crippen LogP contribution in [0.5, 0.6) is 0 Å². The van der Waals surface area contributed by atoms with E-state index in [4.69, 9.17) is 0 Å². The van der Waals surface area contributed by atoms with Crippen molar-refractivity contribution in [3.8, 4) is 0 Å². The summed E-state index contributed by atoms with van der Waals surface area (Å²) < 4.78 is 0. The van der Waals surface area contributed by atoms with Gasteiger partial charge in [-0.3, -0.25) is 19.5 Å². The van der Waals surface area contributed by atoms with Crippen LogP contribution in [0.1, 0.15) is 36.2 Å². The molecule has 4 saturated heterocycles. The number of fused-ring (bicyclic) bond motifs is 4. The maximum absolute atomic E-state index is 12.8. The van der Waals surface area contributed by atoms with Gasteiger partial charge in [0.25, 0.3) is 5.91 Å². The van der Waals surface area contributed by atoms with Crippen LogP contribution in [-0.4, -0.2) is 76.8 Å². The Labute approximate surface area is 148 Å². The molecule has 0 radical (unpaired) electrons. The summed E-state index contributed by atoms with van der Waals surface area (Å²) in [5, 5.41) is 0. The summed E-state index contributed by atoms with van der Waals surface area (Å²) >= 11 is 0. The first kappa shape index (κ1) is 16.5. The summed E-state index contributed by atoms with van der Waals surface area (Å²) in [6.45, 7) is 5.31. The van der Waals surface area contributed by atoms with E-state index in [9.17, 15) is 9.59 Å². The van der Waals surface area contributed by atoms with Gasteiger partial charge in [0, 0.05) is 57.9 Å². The number of carbonyl (C=O) groups is 2. The van der Waals surface area contributed by atoms with Crippen LogP contribution in [0.3, 0.4) is 0 Å². The molecule has 4 aliphatic rings. The number of aromatic nitrogens is 1. The summed E-state index contributed by atoms with van der Waals surface area (Å²) in [5.74, 6) is 0.877. The molecule has 0 aliphatic carbocycles. The molecule has 0 unspecified atom stereocenters. The lowest BCUT2D eigenvalue weighted by atomic mass is 9.95. The zero-order valence-electron chi connectivity index (χ0n) is 14.6. The van der Waals surface area contributed by atoms with Crippen LogP contribution in [0.4, 0.5) is 0 Å². The van der Waals surface area contributed by atoms with Crippen molar-refractivity contribution in [2.45, 2.75) is 31.7 Å². The van der Waals surface area contributed by atoms with Crippen LogP contribution in [-0.2, 0) is 4.79 Å². The Balaban J connectivity index is 1.40. The lowest BCUT2D eigenvalue weighted by Gasteiger charge is -2.36. The van der Waals surface area contributed by atoms with Gasteiger partial charge in [-0.1, -0.05) is 6.07 Å². The first-order chi connectivity index (χ1) is 12.2. The number of nitrogens with zero attached hydrogens (tertiary/aromatic N) is 4. The SMILES string of the molecule is O=C1CCCN1CCN1C[C@H]2CC[C@@H]1CN(C(=O)c1ccccn1)C2. The Morgan fingerprint density at radius 2 is 2.08 bits per heavy atom. The fourth-order valence-corrected chi connectivity index (χ4v) is 4.46. The van der Waals surface area contributed by atoms with Crippen molar-refractivity contribution in [3.63, 3.8) is 0 Å². The highest BCUT2D eigenvalue weighted by atomic mass is 16.2. The highest BCUT2D eigenvalue weighted by Crippen LogP contribution is 2.28. The van der Waals surface area contributed by atoms with Gasteiger partial charge in [0.05, 0.1) is 0 Å². The Morgan fingerprint density at radius 1 is 1.16 bits per heavy atom. The Bertz CT molecular complexity index is 636. The quantitative estimate of drug-likeness (QED) is 0.826. The number of pyridine rings is 1. The number of carbonyl (C=O) groups excluding carboxylic acids is 2. The molecule has 6 nitrogen and oxygen atoms in total. The van der Waals surface area contributed by atoms with Crippen molar-refractivity contribution in [3.05, 3.63) is 30.1 Å². The monoisotopic (exact) mass is 342 g/mol. The van der Waals surface area contributed by atoms with Crippen molar-refractivity contribution in [1.82, 2.24) is 19.7 Å². The molecule has 1 aromatic heterocycles. The first-order valence-corrected chi connectivity index (χ1v) is 9.43. The third-order valence-electron chi connectivity index (χ3n) is 5.83. The predicted molar refractivity (Wildman–Crippen MR) is 94.0 cm³/mol. The number of piperidine rings is 1. The van der Waals surface area contributed by atoms with E-state index >= 15 is 0 Å². The van der Waals surface area contributed by atoms with Gasteiger partial charge in [-0.25, -0.2) is 0 Å². The largest absolute Gasteiger partial charge is 0.341 e. The molecular weight excluding hydrogens is 316 g/mol. The van der Waals surface area contributed by atoms with E-state index in [1.165, 1.54) is 6.42 Å². The molecule has 2 atom stereocenters. The van der Waals surface area contributed by atoms with E-state index in [1.807, 2.05) is 21.9 Å². The van der Waals surface area contributed by atoms with E-state index < -0.39 is 0 Å². The van der Waals surface area contributed by atoms with Crippen LogP contribution < -0.4 is 0 Å². The molecular formula is C19H26N4O2. The van der Waals surface area contributed by atoms with Crippen LogP contribution in [0, 0.1) is 5.92 Å². The summed E-state index contributed by atoms with van der Waals surface area (Å²) in [7, 11) is 0. The molecule has 25 heavy (non-hydrogen) atoms. The second-order valence-electron chi connectivity index (χ2n) is 7.50.